The van der Waals surface area contributed by atoms with Gasteiger partial charge in [-0.3, -0.25) is 4.79 Å². The Morgan fingerprint density at radius 2 is 1.68 bits per heavy atom. The molecule has 1 atom stereocenters. The van der Waals surface area contributed by atoms with Gasteiger partial charge < -0.3 is 4.90 Å². The van der Waals surface area contributed by atoms with Gasteiger partial charge in [0.25, 0.3) is 0 Å². The SMILES string of the molecule is Cc1ccc(N2C[C@@H](NS(=O)(=O)c3ccc4ccccc4c3)CC2=O)cc1C. The number of carbonyl (C=O) groups excluding carboxylic acids is 1. The summed E-state index contributed by atoms with van der Waals surface area (Å²) < 4.78 is 28.4. The fraction of sp³-hybridized carbons (Fsp3) is 0.227. The van der Waals surface area contributed by atoms with Crippen molar-refractivity contribution in [1.82, 2.24) is 4.72 Å². The Labute approximate surface area is 165 Å². The minimum absolute atomic E-state index is 0.0746. The van der Waals surface area contributed by atoms with E-state index in [1.165, 1.54) is 0 Å². The molecule has 3 aromatic rings. The molecule has 28 heavy (non-hydrogen) atoms. The summed E-state index contributed by atoms with van der Waals surface area (Å²) in [4.78, 5) is 14.3. The van der Waals surface area contributed by atoms with E-state index in [-0.39, 0.29) is 17.2 Å². The minimum Gasteiger partial charge on any atom is -0.311 e. The van der Waals surface area contributed by atoms with E-state index in [9.17, 15) is 13.2 Å². The molecule has 1 amide bonds. The van der Waals surface area contributed by atoms with Crippen LogP contribution in [0, 0.1) is 13.8 Å². The highest BCUT2D eigenvalue weighted by Crippen LogP contribution is 2.25. The van der Waals surface area contributed by atoms with E-state index in [1.54, 1.807) is 23.1 Å². The summed E-state index contributed by atoms with van der Waals surface area (Å²) in [6.45, 7) is 4.35. The predicted molar refractivity (Wildman–Crippen MR) is 111 cm³/mol. The van der Waals surface area contributed by atoms with Gasteiger partial charge in [0.15, 0.2) is 0 Å². The number of rotatable bonds is 4. The number of sulfonamides is 1. The first-order valence-corrected chi connectivity index (χ1v) is 10.7. The van der Waals surface area contributed by atoms with Crippen LogP contribution in [0.15, 0.2) is 65.6 Å². The lowest BCUT2D eigenvalue weighted by molar-refractivity contribution is -0.117. The number of fused-ring (bicyclic) bond motifs is 1. The second-order valence-electron chi connectivity index (χ2n) is 7.30. The molecule has 1 saturated heterocycles. The van der Waals surface area contributed by atoms with E-state index in [0.717, 1.165) is 27.6 Å². The van der Waals surface area contributed by atoms with E-state index < -0.39 is 16.1 Å². The average Bonchev–Trinajstić information content (AvgIpc) is 3.03. The minimum atomic E-state index is -3.71. The van der Waals surface area contributed by atoms with Gasteiger partial charge in [-0.25, -0.2) is 13.1 Å². The van der Waals surface area contributed by atoms with Gasteiger partial charge in [0.05, 0.1) is 4.90 Å². The number of hydrogen-bond donors (Lipinski definition) is 1. The third-order valence-corrected chi connectivity index (χ3v) is 6.80. The number of benzene rings is 3. The van der Waals surface area contributed by atoms with Crippen molar-refractivity contribution >= 4 is 32.4 Å². The number of nitrogens with zero attached hydrogens (tertiary/aromatic N) is 1. The number of aryl methyl sites for hydroxylation is 2. The standard InChI is InChI=1S/C22H22N2O3S/c1-15-7-9-20(11-16(15)2)24-14-19(13-22(24)25)23-28(26,27)21-10-8-17-5-3-4-6-18(17)12-21/h3-12,19,23H,13-14H2,1-2H3/t19-/m0/s1. The van der Waals surface area contributed by atoms with Gasteiger partial charge in [0, 0.05) is 24.7 Å². The summed E-state index contributed by atoms with van der Waals surface area (Å²) in [6, 6.07) is 18.1. The summed E-state index contributed by atoms with van der Waals surface area (Å²) in [5.74, 6) is -0.0746. The van der Waals surface area contributed by atoms with Gasteiger partial charge >= 0.3 is 0 Å². The molecule has 144 valence electrons. The highest BCUT2D eigenvalue weighted by atomic mass is 32.2. The van der Waals surface area contributed by atoms with Crippen LogP contribution in [0.1, 0.15) is 17.5 Å². The Bertz CT molecular complexity index is 1170. The predicted octanol–water partition coefficient (Wildman–Crippen LogP) is 3.54. The molecule has 0 aromatic heterocycles. The van der Waals surface area contributed by atoms with Gasteiger partial charge in [-0.05, 0) is 60.0 Å². The van der Waals surface area contributed by atoms with Gasteiger partial charge in [-0.2, -0.15) is 0 Å². The normalized spacial score (nSPS) is 17.4. The van der Waals surface area contributed by atoms with Crippen molar-refractivity contribution in [3.05, 3.63) is 71.8 Å². The Morgan fingerprint density at radius 3 is 2.43 bits per heavy atom. The van der Waals surface area contributed by atoms with E-state index in [4.69, 9.17) is 0 Å². The second kappa shape index (κ2) is 7.04. The van der Waals surface area contributed by atoms with Crippen LogP contribution in [-0.4, -0.2) is 26.9 Å². The first-order chi connectivity index (χ1) is 13.3. The fourth-order valence-corrected chi connectivity index (χ4v) is 4.81. The molecule has 0 saturated carbocycles. The van der Waals surface area contributed by atoms with Crippen LogP contribution < -0.4 is 9.62 Å². The molecule has 6 heteroatoms. The van der Waals surface area contributed by atoms with Crippen LogP contribution >= 0.6 is 0 Å². The van der Waals surface area contributed by atoms with E-state index in [0.29, 0.717) is 6.54 Å². The molecule has 3 aromatic carbocycles. The number of carbonyl (C=O) groups is 1. The maximum Gasteiger partial charge on any atom is 0.240 e. The Morgan fingerprint density at radius 1 is 0.929 bits per heavy atom. The molecule has 0 radical (unpaired) electrons. The van der Waals surface area contributed by atoms with E-state index >= 15 is 0 Å². The van der Waals surface area contributed by atoms with Crippen LogP contribution in [0.2, 0.25) is 0 Å². The molecular weight excluding hydrogens is 372 g/mol. The second-order valence-corrected chi connectivity index (χ2v) is 9.02. The quantitative estimate of drug-likeness (QED) is 0.736. The third kappa shape index (κ3) is 3.53. The molecule has 5 nitrogen and oxygen atoms in total. The van der Waals surface area contributed by atoms with Crippen LogP contribution in [0.4, 0.5) is 5.69 Å². The molecule has 1 aliphatic heterocycles. The summed E-state index contributed by atoms with van der Waals surface area (Å²) >= 11 is 0. The van der Waals surface area contributed by atoms with Gasteiger partial charge in [-0.15, -0.1) is 0 Å². The summed E-state index contributed by atoms with van der Waals surface area (Å²) in [5, 5.41) is 1.85. The van der Waals surface area contributed by atoms with Crippen LogP contribution in [0.5, 0.6) is 0 Å². The molecule has 1 heterocycles. The lowest BCUT2D eigenvalue weighted by Gasteiger charge is -2.18. The topological polar surface area (TPSA) is 66.5 Å². The van der Waals surface area contributed by atoms with Crippen molar-refractivity contribution in [3.8, 4) is 0 Å². The highest BCUT2D eigenvalue weighted by molar-refractivity contribution is 7.89. The van der Waals surface area contributed by atoms with E-state index in [2.05, 4.69) is 4.72 Å². The van der Waals surface area contributed by atoms with Crippen molar-refractivity contribution in [2.45, 2.75) is 31.2 Å². The van der Waals surface area contributed by atoms with Crippen molar-refractivity contribution in [2.24, 2.45) is 0 Å². The number of anilines is 1. The lowest BCUT2D eigenvalue weighted by Crippen LogP contribution is -2.37. The fourth-order valence-electron chi connectivity index (χ4n) is 3.55. The summed E-state index contributed by atoms with van der Waals surface area (Å²) in [5.41, 5.74) is 3.06. The lowest BCUT2D eigenvalue weighted by atomic mass is 10.1. The number of amides is 1. The van der Waals surface area contributed by atoms with Crippen molar-refractivity contribution < 1.29 is 13.2 Å². The van der Waals surface area contributed by atoms with Crippen LogP contribution in [0.25, 0.3) is 10.8 Å². The van der Waals surface area contributed by atoms with Crippen molar-refractivity contribution in [1.29, 1.82) is 0 Å². The van der Waals surface area contributed by atoms with Crippen molar-refractivity contribution in [2.75, 3.05) is 11.4 Å². The molecule has 4 rings (SSSR count). The zero-order chi connectivity index (χ0) is 19.9. The van der Waals surface area contributed by atoms with Crippen molar-refractivity contribution in [3.63, 3.8) is 0 Å². The maximum atomic E-state index is 12.8. The smallest absolute Gasteiger partial charge is 0.240 e. The van der Waals surface area contributed by atoms with E-state index in [1.807, 2.05) is 56.3 Å². The Hall–Kier alpha value is -2.70. The van der Waals surface area contributed by atoms with Gasteiger partial charge in [0.1, 0.15) is 0 Å². The first-order valence-electron chi connectivity index (χ1n) is 9.22. The molecule has 0 aliphatic carbocycles. The summed E-state index contributed by atoms with van der Waals surface area (Å²) in [6.07, 6.45) is 0.153. The largest absolute Gasteiger partial charge is 0.311 e. The van der Waals surface area contributed by atoms with Gasteiger partial charge in [0.2, 0.25) is 15.9 Å². The maximum absolute atomic E-state index is 12.8. The molecule has 1 fully saturated rings. The monoisotopic (exact) mass is 394 g/mol. The van der Waals surface area contributed by atoms with Crippen LogP contribution in [-0.2, 0) is 14.8 Å². The zero-order valence-electron chi connectivity index (χ0n) is 15.8. The Kier molecular flexibility index (Phi) is 4.69. The van der Waals surface area contributed by atoms with Crippen LogP contribution in [0.3, 0.4) is 0 Å². The highest BCUT2D eigenvalue weighted by Gasteiger charge is 2.33. The Balaban J connectivity index is 1.54. The molecule has 1 aliphatic rings. The average molecular weight is 394 g/mol. The molecule has 1 N–H and O–H groups in total. The molecule has 0 bridgehead atoms. The molecule has 0 spiro atoms. The first kappa shape index (κ1) is 18.7. The molecular formula is C22H22N2O3S. The number of hydrogen-bond acceptors (Lipinski definition) is 3. The third-order valence-electron chi connectivity index (χ3n) is 5.28. The zero-order valence-corrected chi connectivity index (χ0v) is 16.7. The molecule has 0 unspecified atom stereocenters. The number of nitrogens with one attached hydrogen (secondary N) is 1. The summed E-state index contributed by atoms with van der Waals surface area (Å²) in [7, 11) is -3.71. The van der Waals surface area contributed by atoms with Gasteiger partial charge in [-0.1, -0.05) is 36.4 Å².